The lowest BCUT2D eigenvalue weighted by Crippen LogP contribution is -2.03. The number of hydrogen-bond donors (Lipinski definition) is 0. The van der Waals surface area contributed by atoms with Crippen LogP contribution in [0.4, 0.5) is 4.39 Å². The van der Waals surface area contributed by atoms with Gasteiger partial charge in [0.1, 0.15) is 5.82 Å². The van der Waals surface area contributed by atoms with Gasteiger partial charge in [-0.25, -0.2) is 4.39 Å². The lowest BCUT2D eigenvalue weighted by molar-refractivity contribution is 0.0993. The van der Waals surface area contributed by atoms with Crippen molar-refractivity contribution in [3.8, 4) is 0 Å². The molecule has 3 rings (SSSR count). The molecular weight excluding hydrogens is 331 g/mol. The molecule has 3 aromatic carbocycles. The Kier molecular flexibility index (Phi) is 3.84. The first-order chi connectivity index (χ1) is 10.1. The molecule has 0 unspecified atom stereocenters. The monoisotopic (exact) mass is 342 g/mol. The van der Waals surface area contributed by atoms with E-state index in [0.29, 0.717) is 15.6 Å². The Hall–Kier alpha value is -2.00. The Labute approximate surface area is 130 Å². The van der Waals surface area contributed by atoms with Gasteiger partial charge in [-0.3, -0.25) is 4.79 Å². The Balaban J connectivity index is 1.89. The van der Waals surface area contributed by atoms with Gasteiger partial charge >= 0.3 is 0 Å². The molecule has 0 heterocycles. The molecule has 0 spiro atoms. The van der Waals surface area contributed by atoms with E-state index in [1.807, 2.05) is 42.5 Å². The van der Waals surface area contributed by atoms with Crippen molar-refractivity contribution < 1.29 is 9.18 Å². The zero-order valence-corrected chi connectivity index (χ0v) is 12.7. The summed E-state index contributed by atoms with van der Waals surface area (Å²) in [6, 6.07) is 18.1. The van der Waals surface area contributed by atoms with Gasteiger partial charge in [0, 0.05) is 16.5 Å². The average molecular weight is 343 g/mol. The number of Topliss-reactive ketones (excluding diaryl/α,β-unsaturated/α-hetero) is 1. The third kappa shape index (κ3) is 3.19. The van der Waals surface area contributed by atoms with E-state index in [2.05, 4.69) is 15.9 Å². The summed E-state index contributed by atoms with van der Waals surface area (Å²) in [5.74, 6) is -0.357. The second-order valence-electron chi connectivity index (χ2n) is 4.94. The summed E-state index contributed by atoms with van der Waals surface area (Å²) in [5, 5.41) is 2.13. The second-order valence-corrected chi connectivity index (χ2v) is 5.86. The summed E-state index contributed by atoms with van der Waals surface area (Å²) < 4.78 is 14.0. The normalized spacial score (nSPS) is 10.8. The van der Waals surface area contributed by atoms with Crippen LogP contribution in [0.15, 0.2) is 65.1 Å². The molecule has 0 amide bonds. The van der Waals surface area contributed by atoms with Gasteiger partial charge in [0.2, 0.25) is 0 Å². The molecule has 0 aromatic heterocycles. The maximum absolute atomic E-state index is 13.3. The largest absolute Gasteiger partial charge is 0.294 e. The smallest absolute Gasteiger partial charge is 0.167 e. The highest BCUT2D eigenvalue weighted by molar-refractivity contribution is 9.10. The van der Waals surface area contributed by atoms with Crippen LogP contribution in [0.25, 0.3) is 10.8 Å². The summed E-state index contributed by atoms with van der Waals surface area (Å²) in [4.78, 5) is 12.3. The Morgan fingerprint density at radius 2 is 1.71 bits per heavy atom. The van der Waals surface area contributed by atoms with E-state index in [1.165, 1.54) is 12.1 Å². The molecule has 1 nitrogen and oxygen atoms in total. The highest BCUT2D eigenvalue weighted by Crippen LogP contribution is 2.19. The number of fused-ring (bicyclic) bond motifs is 1. The minimum absolute atomic E-state index is 0.0155. The number of hydrogen-bond acceptors (Lipinski definition) is 1. The van der Waals surface area contributed by atoms with E-state index in [1.54, 1.807) is 6.07 Å². The molecule has 0 radical (unpaired) electrons. The predicted molar refractivity (Wildman–Crippen MR) is 86.1 cm³/mol. The molecule has 0 N–H and O–H groups in total. The molecule has 0 saturated carbocycles. The van der Waals surface area contributed by atoms with Gasteiger partial charge in [-0.2, -0.15) is 0 Å². The van der Waals surface area contributed by atoms with Crippen LogP contribution in [0.2, 0.25) is 0 Å². The van der Waals surface area contributed by atoms with Gasteiger partial charge in [-0.05, 0) is 40.6 Å². The molecule has 21 heavy (non-hydrogen) atoms. The topological polar surface area (TPSA) is 17.1 Å². The van der Waals surface area contributed by atoms with Gasteiger partial charge in [0.05, 0.1) is 0 Å². The average Bonchev–Trinajstić information content (AvgIpc) is 2.45. The van der Waals surface area contributed by atoms with Gasteiger partial charge < -0.3 is 0 Å². The first kappa shape index (κ1) is 14.0. The summed E-state index contributed by atoms with van der Waals surface area (Å²) in [6.07, 6.45) is 0.189. The maximum Gasteiger partial charge on any atom is 0.167 e. The number of rotatable bonds is 3. The highest BCUT2D eigenvalue weighted by atomic mass is 79.9. The zero-order valence-electron chi connectivity index (χ0n) is 11.1. The van der Waals surface area contributed by atoms with Gasteiger partial charge in [0.25, 0.3) is 0 Å². The quantitative estimate of drug-likeness (QED) is 0.600. The lowest BCUT2D eigenvalue weighted by Gasteiger charge is -2.05. The molecule has 0 aliphatic carbocycles. The standard InChI is InChI=1S/C18H12BrFO/c19-16-7-12(8-17(20)11-16)9-18(21)15-6-5-13-3-1-2-4-14(13)10-15/h1-8,10-11H,9H2. The van der Waals surface area contributed by atoms with Crippen LogP contribution in [0.5, 0.6) is 0 Å². The van der Waals surface area contributed by atoms with Crippen molar-refractivity contribution in [1.82, 2.24) is 0 Å². The minimum Gasteiger partial charge on any atom is -0.294 e. The van der Waals surface area contributed by atoms with Crippen LogP contribution in [-0.2, 0) is 6.42 Å². The predicted octanol–water partition coefficient (Wildman–Crippen LogP) is 5.17. The minimum atomic E-state index is -0.342. The fourth-order valence-electron chi connectivity index (χ4n) is 2.36. The third-order valence-corrected chi connectivity index (χ3v) is 3.82. The maximum atomic E-state index is 13.3. The van der Waals surface area contributed by atoms with E-state index in [0.717, 1.165) is 10.8 Å². The SMILES string of the molecule is O=C(Cc1cc(F)cc(Br)c1)c1ccc2ccccc2c1. The van der Waals surface area contributed by atoms with E-state index in [9.17, 15) is 9.18 Å². The first-order valence-electron chi connectivity index (χ1n) is 6.59. The number of carbonyl (C=O) groups excluding carboxylic acids is 1. The molecule has 0 atom stereocenters. The molecule has 104 valence electrons. The lowest BCUT2D eigenvalue weighted by atomic mass is 10.00. The fraction of sp³-hybridized carbons (Fsp3) is 0.0556. The van der Waals surface area contributed by atoms with Crippen molar-refractivity contribution in [3.63, 3.8) is 0 Å². The second kappa shape index (κ2) is 5.78. The number of halogens is 2. The summed E-state index contributed by atoms with van der Waals surface area (Å²) >= 11 is 3.24. The molecule has 3 heteroatoms. The van der Waals surface area contributed by atoms with Crippen LogP contribution < -0.4 is 0 Å². The molecule has 0 aliphatic heterocycles. The molecule has 0 saturated heterocycles. The van der Waals surface area contributed by atoms with E-state index in [-0.39, 0.29) is 18.0 Å². The summed E-state index contributed by atoms with van der Waals surface area (Å²) in [5.41, 5.74) is 1.31. The Bertz CT molecular complexity index is 806. The summed E-state index contributed by atoms with van der Waals surface area (Å²) in [6.45, 7) is 0. The van der Waals surface area contributed by atoms with E-state index < -0.39 is 0 Å². The van der Waals surface area contributed by atoms with Crippen LogP contribution >= 0.6 is 15.9 Å². The molecule has 0 fully saturated rings. The van der Waals surface area contributed by atoms with Crippen molar-refractivity contribution in [3.05, 3.63) is 82.1 Å². The van der Waals surface area contributed by atoms with Gasteiger partial charge in [-0.1, -0.05) is 52.3 Å². The zero-order chi connectivity index (χ0) is 14.8. The van der Waals surface area contributed by atoms with Crippen molar-refractivity contribution in [1.29, 1.82) is 0 Å². The molecule has 3 aromatic rings. The van der Waals surface area contributed by atoms with Crippen LogP contribution in [0, 0.1) is 5.82 Å². The highest BCUT2D eigenvalue weighted by Gasteiger charge is 2.09. The van der Waals surface area contributed by atoms with E-state index in [4.69, 9.17) is 0 Å². The molecule has 0 aliphatic rings. The van der Waals surface area contributed by atoms with Crippen molar-refractivity contribution in [2.45, 2.75) is 6.42 Å². The summed E-state index contributed by atoms with van der Waals surface area (Å²) in [7, 11) is 0. The van der Waals surface area contributed by atoms with Crippen LogP contribution in [-0.4, -0.2) is 5.78 Å². The Morgan fingerprint density at radius 1 is 0.952 bits per heavy atom. The van der Waals surface area contributed by atoms with Crippen LogP contribution in [0.1, 0.15) is 15.9 Å². The van der Waals surface area contributed by atoms with Crippen LogP contribution in [0.3, 0.4) is 0 Å². The Morgan fingerprint density at radius 3 is 2.48 bits per heavy atom. The number of benzene rings is 3. The van der Waals surface area contributed by atoms with Gasteiger partial charge in [0.15, 0.2) is 5.78 Å². The number of carbonyl (C=O) groups is 1. The van der Waals surface area contributed by atoms with Crippen molar-refractivity contribution >= 4 is 32.5 Å². The van der Waals surface area contributed by atoms with Crippen molar-refractivity contribution in [2.24, 2.45) is 0 Å². The van der Waals surface area contributed by atoms with Crippen molar-refractivity contribution in [2.75, 3.05) is 0 Å². The molecule has 0 bridgehead atoms. The first-order valence-corrected chi connectivity index (χ1v) is 7.38. The van der Waals surface area contributed by atoms with Gasteiger partial charge in [-0.15, -0.1) is 0 Å². The van der Waals surface area contributed by atoms with E-state index >= 15 is 0 Å². The fourth-order valence-corrected chi connectivity index (χ4v) is 2.88. The number of ketones is 1. The third-order valence-electron chi connectivity index (χ3n) is 3.36. The molecular formula is C18H12BrFO.